The SMILES string of the molecule is Cc1cc(C)c([P@]2(=O)OC[C@H](C(C)(C)C)CN2c2ccccc2)c(C)c1. The van der Waals surface area contributed by atoms with E-state index in [9.17, 15) is 4.57 Å². The minimum atomic E-state index is -3.17. The normalized spacial score (nSPS) is 23.9. The van der Waals surface area contributed by atoms with E-state index in [2.05, 4.69) is 39.8 Å². The molecule has 0 bridgehead atoms. The zero-order chi connectivity index (χ0) is 19.1. The summed E-state index contributed by atoms with van der Waals surface area (Å²) in [6.07, 6.45) is 0. The van der Waals surface area contributed by atoms with Crippen LogP contribution in [0.2, 0.25) is 0 Å². The predicted molar refractivity (Wildman–Crippen MR) is 111 cm³/mol. The Bertz CT molecular complexity index is 816. The van der Waals surface area contributed by atoms with Gasteiger partial charge in [0.1, 0.15) is 0 Å². The van der Waals surface area contributed by atoms with E-state index in [0.717, 1.165) is 28.7 Å². The van der Waals surface area contributed by atoms with Crippen LogP contribution in [0.5, 0.6) is 0 Å². The maximum atomic E-state index is 14.3. The van der Waals surface area contributed by atoms with E-state index in [1.165, 1.54) is 5.56 Å². The minimum Gasteiger partial charge on any atom is -0.310 e. The van der Waals surface area contributed by atoms with E-state index in [1.807, 2.05) is 48.8 Å². The summed E-state index contributed by atoms with van der Waals surface area (Å²) < 4.78 is 22.6. The summed E-state index contributed by atoms with van der Waals surface area (Å²) in [5.74, 6) is 0.316. The van der Waals surface area contributed by atoms with Gasteiger partial charge >= 0.3 is 7.52 Å². The highest BCUT2D eigenvalue weighted by atomic mass is 31.2. The van der Waals surface area contributed by atoms with Crippen molar-refractivity contribution in [2.75, 3.05) is 17.8 Å². The summed E-state index contributed by atoms with van der Waals surface area (Å²) in [6.45, 7) is 14.1. The minimum absolute atomic E-state index is 0.0929. The summed E-state index contributed by atoms with van der Waals surface area (Å²) in [5.41, 5.74) is 4.33. The lowest BCUT2D eigenvalue weighted by Crippen LogP contribution is -2.44. The Morgan fingerprint density at radius 3 is 2.15 bits per heavy atom. The fraction of sp³-hybridized carbons (Fsp3) is 0.455. The Morgan fingerprint density at radius 1 is 1.04 bits per heavy atom. The first-order valence-electron chi connectivity index (χ1n) is 9.29. The van der Waals surface area contributed by atoms with E-state index in [-0.39, 0.29) is 5.41 Å². The van der Waals surface area contributed by atoms with Crippen molar-refractivity contribution < 1.29 is 9.09 Å². The highest BCUT2D eigenvalue weighted by molar-refractivity contribution is 7.68. The monoisotopic (exact) mass is 371 g/mol. The number of para-hydroxylation sites is 1. The van der Waals surface area contributed by atoms with Gasteiger partial charge in [-0.25, -0.2) is 0 Å². The van der Waals surface area contributed by atoms with E-state index in [0.29, 0.717) is 12.5 Å². The predicted octanol–water partition coefficient (Wildman–Crippen LogP) is 5.63. The molecule has 1 aliphatic rings. The first kappa shape index (κ1) is 19.2. The molecule has 1 fully saturated rings. The summed E-state index contributed by atoms with van der Waals surface area (Å²) in [7, 11) is -3.17. The molecule has 1 heterocycles. The van der Waals surface area contributed by atoms with Crippen LogP contribution in [0.4, 0.5) is 5.69 Å². The Balaban J connectivity index is 2.14. The van der Waals surface area contributed by atoms with Crippen LogP contribution in [-0.2, 0) is 9.09 Å². The van der Waals surface area contributed by atoms with Crippen LogP contribution in [0.15, 0.2) is 42.5 Å². The van der Waals surface area contributed by atoms with Gasteiger partial charge in [-0.15, -0.1) is 0 Å². The molecule has 0 spiro atoms. The molecular weight excluding hydrogens is 341 g/mol. The zero-order valence-corrected chi connectivity index (χ0v) is 17.6. The lowest BCUT2D eigenvalue weighted by molar-refractivity contribution is 0.139. The third-order valence-corrected chi connectivity index (χ3v) is 8.16. The molecule has 2 aromatic carbocycles. The van der Waals surface area contributed by atoms with Crippen molar-refractivity contribution >= 4 is 18.5 Å². The van der Waals surface area contributed by atoms with Gasteiger partial charge in [0.15, 0.2) is 0 Å². The summed E-state index contributed by atoms with van der Waals surface area (Å²) >= 11 is 0. The van der Waals surface area contributed by atoms with E-state index >= 15 is 0 Å². The third-order valence-electron chi connectivity index (χ3n) is 5.36. The Morgan fingerprint density at radius 2 is 1.62 bits per heavy atom. The molecule has 0 aliphatic carbocycles. The molecule has 1 aliphatic heterocycles. The third kappa shape index (κ3) is 3.48. The molecular formula is C22H30NO2P. The summed E-state index contributed by atoms with van der Waals surface area (Å²) in [6, 6.07) is 14.2. The topological polar surface area (TPSA) is 29.5 Å². The molecule has 4 heteroatoms. The highest BCUT2D eigenvalue weighted by Crippen LogP contribution is 2.57. The first-order chi connectivity index (χ1) is 12.1. The standard InChI is InChI=1S/C22H30NO2P/c1-16-12-17(2)21(18(3)13-16)26(24)23(20-10-8-7-9-11-20)14-19(15-25-26)22(4,5)6/h7-13,19H,14-15H2,1-6H3/t19-,26+/m1/s1. The molecule has 0 unspecified atom stereocenters. The molecule has 0 saturated carbocycles. The molecule has 3 nitrogen and oxygen atoms in total. The number of anilines is 1. The second kappa shape index (κ2) is 6.87. The van der Waals surface area contributed by atoms with Gasteiger partial charge in [0, 0.05) is 18.2 Å². The largest absolute Gasteiger partial charge is 0.327 e. The van der Waals surface area contributed by atoms with Gasteiger partial charge in [-0.05, 0) is 49.4 Å². The van der Waals surface area contributed by atoms with Crippen LogP contribution >= 0.6 is 7.52 Å². The number of hydrogen-bond acceptors (Lipinski definition) is 2. The average molecular weight is 371 g/mol. The van der Waals surface area contributed by atoms with Crippen molar-refractivity contribution in [3.8, 4) is 0 Å². The number of aryl methyl sites for hydroxylation is 3. The molecule has 3 rings (SSSR count). The van der Waals surface area contributed by atoms with Crippen LogP contribution in [0.3, 0.4) is 0 Å². The Kier molecular flexibility index (Phi) is 5.07. The average Bonchev–Trinajstić information content (AvgIpc) is 2.53. The maximum Gasteiger partial charge on any atom is 0.327 e. The maximum absolute atomic E-state index is 14.3. The van der Waals surface area contributed by atoms with Crippen LogP contribution in [-0.4, -0.2) is 13.2 Å². The molecule has 140 valence electrons. The number of rotatable bonds is 2. The van der Waals surface area contributed by atoms with Crippen molar-refractivity contribution in [3.05, 3.63) is 59.2 Å². The van der Waals surface area contributed by atoms with Gasteiger partial charge in [0.2, 0.25) is 0 Å². The molecule has 0 N–H and O–H groups in total. The molecule has 0 radical (unpaired) electrons. The van der Waals surface area contributed by atoms with Crippen molar-refractivity contribution in [2.45, 2.75) is 41.5 Å². The molecule has 1 saturated heterocycles. The van der Waals surface area contributed by atoms with Gasteiger partial charge in [-0.3, -0.25) is 9.24 Å². The molecule has 0 amide bonds. The molecule has 2 atom stereocenters. The van der Waals surface area contributed by atoms with Crippen molar-refractivity contribution in [3.63, 3.8) is 0 Å². The Labute approximate surface area is 157 Å². The Hall–Kier alpha value is -1.57. The number of nitrogens with zero attached hydrogens (tertiary/aromatic N) is 1. The molecule has 2 aromatic rings. The van der Waals surface area contributed by atoms with Crippen LogP contribution in [0.25, 0.3) is 0 Å². The van der Waals surface area contributed by atoms with E-state index in [1.54, 1.807) is 0 Å². The summed E-state index contributed by atoms with van der Waals surface area (Å²) in [4.78, 5) is 0. The van der Waals surface area contributed by atoms with Gasteiger partial charge in [0.05, 0.1) is 11.9 Å². The smallest absolute Gasteiger partial charge is 0.310 e. The van der Waals surface area contributed by atoms with E-state index in [4.69, 9.17) is 4.52 Å². The quantitative estimate of drug-likeness (QED) is 0.641. The van der Waals surface area contributed by atoms with Crippen LogP contribution in [0.1, 0.15) is 37.5 Å². The number of benzene rings is 2. The lowest BCUT2D eigenvalue weighted by atomic mass is 9.81. The van der Waals surface area contributed by atoms with Crippen molar-refractivity contribution in [1.29, 1.82) is 0 Å². The molecule has 26 heavy (non-hydrogen) atoms. The van der Waals surface area contributed by atoms with Crippen molar-refractivity contribution in [1.82, 2.24) is 0 Å². The number of hydrogen-bond donors (Lipinski definition) is 0. The van der Waals surface area contributed by atoms with Crippen LogP contribution in [0, 0.1) is 32.1 Å². The zero-order valence-electron chi connectivity index (χ0n) is 16.7. The van der Waals surface area contributed by atoms with Crippen LogP contribution < -0.4 is 9.97 Å². The fourth-order valence-electron chi connectivity index (χ4n) is 3.81. The van der Waals surface area contributed by atoms with E-state index < -0.39 is 7.52 Å². The van der Waals surface area contributed by atoms with Gasteiger partial charge in [-0.2, -0.15) is 0 Å². The second-order valence-corrected chi connectivity index (χ2v) is 10.8. The fourth-order valence-corrected chi connectivity index (χ4v) is 6.58. The summed E-state index contributed by atoms with van der Waals surface area (Å²) in [5, 5.41) is 0.860. The van der Waals surface area contributed by atoms with Gasteiger partial charge in [0.25, 0.3) is 0 Å². The van der Waals surface area contributed by atoms with Gasteiger partial charge in [-0.1, -0.05) is 56.7 Å². The molecule has 0 aromatic heterocycles. The first-order valence-corrected chi connectivity index (χ1v) is 10.9. The second-order valence-electron chi connectivity index (χ2n) is 8.54. The van der Waals surface area contributed by atoms with Crippen molar-refractivity contribution in [2.24, 2.45) is 11.3 Å². The lowest BCUT2D eigenvalue weighted by Gasteiger charge is -2.45. The highest BCUT2D eigenvalue weighted by Gasteiger charge is 2.45. The van der Waals surface area contributed by atoms with Gasteiger partial charge < -0.3 is 4.52 Å².